The molecule has 2 rings (SSSR count). The minimum atomic E-state index is -4.71. The minimum absolute atomic E-state index is 0.199. The number of hydrogen-bond acceptors (Lipinski definition) is 1. The maximum Gasteiger partial charge on any atom is 0.419 e. The highest BCUT2D eigenvalue weighted by molar-refractivity contribution is 5.91. The summed E-state index contributed by atoms with van der Waals surface area (Å²) >= 11 is 0. The summed E-state index contributed by atoms with van der Waals surface area (Å²) < 4.78 is 50.6. The maximum absolute atomic E-state index is 13.4. The van der Waals surface area contributed by atoms with Crippen molar-refractivity contribution in [2.45, 2.75) is 25.4 Å². The quantitative estimate of drug-likeness (QED) is 0.600. The minimum Gasteiger partial charge on any atom is -0.339 e. The number of rotatable bonds is 2. The molecule has 6 heteroatoms. The summed E-state index contributed by atoms with van der Waals surface area (Å²) in [5.74, 6) is -1.54. The Balaban J connectivity index is 2.07. The van der Waals surface area contributed by atoms with Crippen molar-refractivity contribution >= 4 is 12.0 Å². The summed E-state index contributed by atoms with van der Waals surface area (Å²) in [4.78, 5) is 13.5. The summed E-state index contributed by atoms with van der Waals surface area (Å²) in [7, 11) is 0. The Bertz CT molecular complexity index is 545. The lowest BCUT2D eigenvalue weighted by atomic mass is 10.1. The number of amides is 1. The van der Waals surface area contributed by atoms with Crippen LogP contribution in [0.5, 0.6) is 0 Å². The molecule has 0 N–H and O–H groups in total. The summed E-state index contributed by atoms with van der Waals surface area (Å²) in [6.07, 6.45) is 0.893. The van der Waals surface area contributed by atoms with Gasteiger partial charge in [-0.2, -0.15) is 13.2 Å². The standard InChI is InChI=1S/C15H15F4NO/c16-13-10-11(4-6-12(13)15(17,18)19)5-7-14(21)20-8-2-1-3-9-20/h4-7,10H,1-3,8-9H2/b7-5+. The molecule has 1 amide bonds. The van der Waals surface area contributed by atoms with Crippen LogP contribution in [-0.4, -0.2) is 23.9 Å². The van der Waals surface area contributed by atoms with Gasteiger partial charge in [0.1, 0.15) is 5.82 Å². The van der Waals surface area contributed by atoms with E-state index >= 15 is 0 Å². The van der Waals surface area contributed by atoms with Gasteiger partial charge in [-0.1, -0.05) is 6.07 Å². The number of piperidine rings is 1. The molecular weight excluding hydrogens is 286 g/mol. The average Bonchev–Trinajstić information content (AvgIpc) is 2.44. The Kier molecular flexibility index (Phi) is 4.65. The van der Waals surface area contributed by atoms with Crippen molar-refractivity contribution in [1.29, 1.82) is 0 Å². The van der Waals surface area contributed by atoms with Crippen LogP contribution in [0.2, 0.25) is 0 Å². The summed E-state index contributed by atoms with van der Waals surface area (Å²) in [5, 5.41) is 0. The van der Waals surface area contributed by atoms with Gasteiger partial charge < -0.3 is 4.90 Å². The molecule has 0 radical (unpaired) electrons. The maximum atomic E-state index is 13.4. The zero-order chi connectivity index (χ0) is 15.5. The third-order valence-electron chi connectivity index (χ3n) is 3.38. The first-order valence-electron chi connectivity index (χ1n) is 6.71. The Morgan fingerprint density at radius 1 is 1.14 bits per heavy atom. The van der Waals surface area contributed by atoms with Gasteiger partial charge in [0.15, 0.2) is 0 Å². The summed E-state index contributed by atoms with van der Waals surface area (Å²) in [6, 6.07) is 2.61. The first-order chi connectivity index (χ1) is 9.88. The largest absolute Gasteiger partial charge is 0.419 e. The van der Waals surface area contributed by atoms with Gasteiger partial charge in [0.2, 0.25) is 5.91 Å². The topological polar surface area (TPSA) is 20.3 Å². The molecule has 21 heavy (non-hydrogen) atoms. The average molecular weight is 301 g/mol. The van der Waals surface area contributed by atoms with Gasteiger partial charge in [-0.25, -0.2) is 4.39 Å². The number of hydrogen-bond donors (Lipinski definition) is 0. The van der Waals surface area contributed by atoms with Gasteiger partial charge in [0.25, 0.3) is 0 Å². The second-order valence-corrected chi connectivity index (χ2v) is 4.96. The predicted octanol–water partition coefficient (Wildman–Crippen LogP) is 3.87. The normalized spacial score (nSPS) is 16.5. The number of benzene rings is 1. The fraction of sp³-hybridized carbons (Fsp3) is 0.400. The molecule has 0 saturated carbocycles. The van der Waals surface area contributed by atoms with E-state index in [9.17, 15) is 22.4 Å². The van der Waals surface area contributed by atoms with E-state index in [1.807, 2.05) is 0 Å². The number of nitrogens with zero attached hydrogens (tertiary/aromatic N) is 1. The number of halogens is 4. The third kappa shape index (κ3) is 4.06. The predicted molar refractivity (Wildman–Crippen MR) is 70.9 cm³/mol. The smallest absolute Gasteiger partial charge is 0.339 e. The van der Waals surface area contributed by atoms with E-state index in [2.05, 4.69) is 0 Å². The fourth-order valence-corrected chi connectivity index (χ4v) is 2.25. The van der Waals surface area contributed by atoms with Crippen LogP contribution < -0.4 is 0 Å². The van der Waals surface area contributed by atoms with Crippen molar-refractivity contribution in [2.24, 2.45) is 0 Å². The number of alkyl halides is 3. The second-order valence-electron chi connectivity index (χ2n) is 4.96. The van der Waals surface area contributed by atoms with Gasteiger partial charge in [0.05, 0.1) is 5.56 Å². The van der Waals surface area contributed by atoms with Crippen molar-refractivity contribution in [3.8, 4) is 0 Å². The molecule has 1 aliphatic heterocycles. The summed E-state index contributed by atoms with van der Waals surface area (Å²) in [5.41, 5.74) is -1.08. The molecular formula is C15H15F4NO. The highest BCUT2D eigenvalue weighted by Gasteiger charge is 2.33. The lowest BCUT2D eigenvalue weighted by Gasteiger charge is -2.25. The summed E-state index contributed by atoms with van der Waals surface area (Å²) in [6.45, 7) is 1.37. The zero-order valence-electron chi connectivity index (χ0n) is 11.3. The van der Waals surface area contributed by atoms with E-state index in [1.165, 1.54) is 12.2 Å². The molecule has 1 saturated heterocycles. The van der Waals surface area contributed by atoms with Crippen molar-refractivity contribution in [1.82, 2.24) is 4.90 Å². The van der Waals surface area contributed by atoms with Crippen LogP contribution in [0, 0.1) is 5.82 Å². The monoisotopic (exact) mass is 301 g/mol. The van der Waals surface area contributed by atoms with E-state index in [4.69, 9.17) is 0 Å². The molecule has 114 valence electrons. The highest BCUT2D eigenvalue weighted by Crippen LogP contribution is 2.31. The van der Waals surface area contributed by atoms with Crippen LogP contribution in [-0.2, 0) is 11.0 Å². The highest BCUT2D eigenvalue weighted by atomic mass is 19.4. The third-order valence-corrected chi connectivity index (χ3v) is 3.38. The zero-order valence-corrected chi connectivity index (χ0v) is 11.3. The molecule has 1 aliphatic rings. The van der Waals surface area contributed by atoms with Crippen LogP contribution >= 0.6 is 0 Å². The SMILES string of the molecule is O=C(/C=C/c1ccc(C(F)(F)F)c(F)c1)N1CCCCC1. The molecule has 1 aromatic rings. The van der Waals surface area contributed by atoms with Gasteiger partial charge in [-0.15, -0.1) is 0 Å². The van der Waals surface area contributed by atoms with Gasteiger partial charge >= 0.3 is 6.18 Å². The van der Waals surface area contributed by atoms with E-state index in [1.54, 1.807) is 4.90 Å². The Morgan fingerprint density at radius 2 is 1.81 bits per heavy atom. The van der Waals surface area contributed by atoms with E-state index in [-0.39, 0.29) is 11.5 Å². The number of carbonyl (C=O) groups excluding carboxylic acids is 1. The van der Waals surface area contributed by atoms with Crippen molar-refractivity contribution in [3.63, 3.8) is 0 Å². The van der Waals surface area contributed by atoms with Crippen molar-refractivity contribution < 1.29 is 22.4 Å². The molecule has 0 spiro atoms. The molecule has 0 atom stereocenters. The van der Waals surface area contributed by atoms with Crippen molar-refractivity contribution in [2.75, 3.05) is 13.1 Å². The van der Waals surface area contributed by atoms with E-state index in [0.717, 1.165) is 31.4 Å². The Hall–Kier alpha value is -1.85. The van der Waals surface area contributed by atoms with Crippen LogP contribution in [0.3, 0.4) is 0 Å². The van der Waals surface area contributed by atoms with Crippen LogP contribution in [0.4, 0.5) is 17.6 Å². The molecule has 1 fully saturated rings. The number of likely N-dealkylation sites (tertiary alicyclic amines) is 1. The van der Waals surface area contributed by atoms with Gasteiger partial charge in [0, 0.05) is 19.2 Å². The molecule has 1 heterocycles. The lowest BCUT2D eigenvalue weighted by Crippen LogP contribution is -2.34. The Labute approximate surface area is 120 Å². The molecule has 0 unspecified atom stereocenters. The second kappa shape index (κ2) is 6.28. The van der Waals surface area contributed by atoms with Gasteiger partial charge in [-0.3, -0.25) is 4.79 Å². The molecule has 0 bridgehead atoms. The lowest BCUT2D eigenvalue weighted by molar-refractivity contribution is -0.140. The van der Waals surface area contributed by atoms with Gasteiger partial charge in [-0.05, 0) is 43.0 Å². The molecule has 1 aromatic carbocycles. The van der Waals surface area contributed by atoms with E-state index in [0.29, 0.717) is 19.2 Å². The van der Waals surface area contributed by atoms with Crippen molar-refractivity contribution in [3.05, 3.63) is 41.2 Å². The number of carbonyl (C=O) groups is 1. The first kappa shape index (κ1) is 15.5. The van der Waals surface area contributed by atoms with Crippen LogP contribution in [0.1, 0.15) is 30.4 Å². The molecule has 0 aromatic heterocycles. The Morgan fingerprint density at radius 3 is 2.38 bits per heavy atom. The fourth-order valence-electron chi connectivity index (χ4n) is 2.25. The van der Waals surface area contributed by atoms with Crippen LogP contribution in [0.25, 0.3) is 6.08 Å². The molecule has 2 nitrogen and oxygen atoms in total. The molecule has 0 aliphatic carbocycles. The van der Waals surface area contributed by atoms with E-state index < -0.39 is 17.6 Å². The van der Waals surface area contributed by atoms with Crippen LogP contribution in [0.15, 0.2) is 24.3 Å². The first-order valence-corrected chi connectivity index (χ1v) is 6.71.